The first-order chi connectivity index (χ1) is 10.6. The van der Waals surface area contributed by atoms with Gasteiger partial charge in [-0.2, -0.15) is 0 Å². The average molecular weight is 366 g/mol. The molecule has 3 rings (SSSR count). The van der Waals surface area contributed by atoms with Crippen LogP contribution in [-0.2, 0) is 4.74 Å². The van der Waals surface area contributed by atoms with Crippen LogP contribution in [0.4, 0.5) is 0 Å². The number of nitrogens with one attached hydrogen (secondary N) is 2. The SMILES string of the molecule is CN=C(NCC1(C)CCCO1)NC1CC1c1ccc(Br)cc1. The van der Waals surface area contributed by atoms with Gasteiger partial charge in [-0.25, -0.2) is 0 Å². The van der Waals surface area contributed by atoms with Gasteiger partial charge in [0.25, 0.3) is 0 Å². The second-order valence-electron chi connectivity index (χ2n) is 6.47. The number of hydrogen-bond acceptors (Lipinski definition) is 2. The number of nitrogens with zero attached hydrogens (tertiary/aromatic N) is 1. The van der Waals surface area contributed by atoms with Crippen LogP contribution in [0.1, 0.15) is 37.7 Å². The smallest absolute Gasteiger partial charge is 0.191 e. The predicted octanol–water partition coefficient (Wildman–Crippen LogP) is 3.04. The third kappa shape index (κ3) is 3.82. The fourth-order valence-electron chi connectivity index (χ4n) is 3.05. The molecule has 0 bridgehead atoms. The van der Waals surface area contributed by atoms with E-state index < -0.39 is 0 Å². The lowest BCUT2D eigenvalue weighted by Gasteiger charge is -2.24. The highest BCUT2D eigenvalue weighted by molar-refractivity contribution is 9.10. The zero-order valence-electron chi connectivity index (χ0n) is 13.2. The normalized spacial score (nSPS) is 31.1. The Bertz CT molecular complexity index is 537. The topological polar surface area (TPSA) is 45.7 Å². The molecule has 2 aliphatic rings. The van der Waals surface area contributed by atoms with E-state index in [0.717, 1.165) is 42.8 Å². The average Bonchev–Trinajstić information content (AvgIpc) is 3.15. The highest BCUT2D eigenvalue weighted by Crippen LogP contribution is 2.41. The van der Waals surface area contributed by atoms with Gasteiger partial charge in [-0.15, -0.1) is 0 Å². The van der Waals surface area contributed by atoms with Crippen LogP contribution < -0.4 is 10.6 Å². The van der Waals surface area contributed by atoms with Crippen molar-refractivity contribution in [3.05, 3.63) is 34.3 Å². The van der Waals surface area contributed by atoms with Crippen molar-refractivity contribution in [2.45, 2.75) is 43.7 Å². The summed E-state index contributed by atoms with van der Waals surface area (Å²) in [7, 11) is 1.82. The Morgan fingerprint density at radius 1 is 1.41 bits per heavy atom. The quantitative estimate of drug-likeness (QED) is 0.636. The highest BCUT2D eigenvalue weighted by Gasteiger charge is 2.39. The van der Waals surface area contributed by atoms with Crippen molar-refractivity contribution in [1.82, 2.24) is 10.6 Å². The third-order valence-electron chi connectivity index (χ3n) is 4.56. The first-order valence-electron chi connectivity index (χ1n) is 7.96. The summed E-state index contributed by atoms with van der Waals surface area (Å²) < 4.78 is 6.94. The fourth-order valence-corrected chi connectivity index (χ4v) is 3.31. The van der Waals surface area contributed by atoms with Gasteiger partial charge in [0.05, 0.1) is 5.60 Å². The fraction of sp³-hybridized carbons (Fsp3) is 0.588. The van der Waals surface area contributed by atoms with Crippen LogP contribution in [0.3, 0.4) is 0 Å². The molecule has 120 valence electrons. The molecule has 22 heavy (non-hydrogen) atoms. The van der Waals surface area contributed by atoms with E-state index in [0.29, 0.717) is 12.0 Å². The molecule has 0 aromatic heterocycles. The molecule has 1 saturated heterocycles. The van der Waals surface area contributed by atoms with Crippen LogP contribution in [0.25, 0.3) is 0 Å². The van der Waals surface area contributed by atoms with E-state index in [2.05, 4.69) is 62.7 Å². The van der Waals surface area contributed by atoms with E-state index in [1.807, 2.05) is 7.05 Å². The number of guanidine groups is 1. The molecule has 0 radical (unpaired) electrons. The van der Waals surface area contributed by atoms with Crippen molar-refractivity contribution in [1.29, 1.82) is 0 Å². The van der Waals surface area contributed by atoms with E-state index >= 15 is 0 Å². The molecule has 1 aliphatic carbocycles. The zero-order valence-corrected chi connectivity index (χ0v) is 14.8. The van der Waals surface area contributed by atoms with Crippen LogP contribution in [-0.4, -0.2) is 37.8 Å². The third-order valence-corrected chi connectivity index (χ3v) is 5.09. The minimum atomic E-state index is -0.0493. The molecule has 0 amide bonds. The predicted molar refractivity (Wildman–Crippen MR) is 93.4 cm³/mol. The molecule has 3 atom stereocenters. The summed E-state index contributed by atoms with van der Waals surface area (Å²) in [6.45, 7) is 3.85. The summed E-state index contributed by atoms with van der Waals surface area (Å²) in [5, 5.41) is 6.93. The zero-order chi connectivity index (χ0) is 15.6. The van der Waals surface area contributed by atoms with E-state index in [4.69, 9.17) is 4.74 Å². The summed E-state index contributed by atoms with van der Waals surface area (Å²) in [4.78, 5) is 4.33. The Kier molecular flexibility index (Phi) is 4.73. The maximum atomic E-state index is 5.81. The van der Waals surface area contributed by atoms with Crippen LogP contribution in [0, 0.1) is 0 Å². The lowest BCUT2D eigenvalue weighted by molar-refractivity contribution is 0.0243. The molecule has 2 N–H and O–H groups in total. The minimum absolute atomic E-state index is 0.0493. The number of rotatable bonds is 4. The van der Waals surface area contributed by atoms with Gasteiger partial charge in [0.15, 0.2) is 5.96 Å². The summed E-state index contributed by atoms with van der Waals surface area (Å²) in [5.74, 6) is 1.46. The van der Waals surface area contributed by atoms with Crippen LogP contribution >= 0.6 is 15.9 Å². The lowest BCUT2D eigenvalue weighted by atomic mass is 10.0. The summed E-state index contributed by atoms with van der Waals surface area (Å²) in [6.07, 6.45) is 3.43. The Morgan fingerprint density at radius 2 is 2.18 bits per heavy atom. The Labute approximate surface area is 140 Å². The van der Waals surface area contributed by atoms with Crippen molar-refractivity contribution < 1.29 is 4.74 Å². The first kappa shape index (κ1) is 15.8. The maximum absolute atomic E-state index is 5.81. The van der Waals surface area contributed by atoms with Crippen LogP contribution in [0.15, 0.2) is 33.7 Å². The van der Waals surface area contributed by atoms with Crippen LogP contribution in [0.5, 0.6) is 0 Å². The monoisotopic (exact) mass is 365 g/mol. The molecule has 2 fully saturated rings. The molecule has 1 aromatic carbocycles. The van der Waals surface area contributed by atoms with Gasteiger partial charge in [-0.3, -0.25) is 4.99 Å². The number of benzene rings is 1. The summed E-state index contributed by atoms with van der Waals surface area (Å²) in [5.41, 5.74) is 1.34. The number of hydrogen-bond donors (Lipinski definition) is 2. The molecule has 1 heterocycles. The van der Waals surface area contributed by atoms with Gasteiger partial charge in [-0.1, -0.05) is 28.1 Å². The van der Waals surface area contributed by atoms with E-state index in [1.54, 1.807) is 0 Å². The van der Waals surface area contributed by atoms with Crippen molar-refractivity contribution in [2.24, 2.45) is 4.99 Å². The highest BCUT2D eigenvalue weighted by atomic mass is 79.9. The molecule has 1 saturated carbocycles. The van der Waals surface area contributed by atoms with E-state index in [-0.39, 0.29) is 5.60 Å². The number of aliphatic imine (C=N–C) groups is 1. The molecule has 5 heteroatoms. The van der Waals surface area contributed by atoms with Gasteiger partial charge in [0, 0.05) is 36.6 Å². The molecule has 1 aliphatic heterocycles. The van der Waals surface area contributed by atoms with Gasteiger partial charge in [-0.05, 0) is 43.9 Å². The second-order valence-corrected chi connectivity index (χ2v) is 7.39. The van der Waals surface area contributed by atoms with Crippen molar-refractivity contribution in [3.8, 4) is 0 Å². The van der Waals surface area contributed by atoms with Crippen LogP contribution in [0.2, 0.25) is 0 Å². The first-order valence-corrected chi connectivity index (χ1v) is 8.75. The lowest BCUT2D eigenvalue weighted by Crippen LogP contribution is -2.46. The standard InChI is InChI=1S/C17H24BrN3O/c1-17(8-3-9-22-17)11-20-16(19-2)21-15-10-14(15)12-4-6-13(18)7-5-12/h4-7,14-15H,3,8-11H2,1-2H3,(H2,19,20,21). The Hall–Kier alpha value is -1.07. The Balaban J connectivity index is 1.49. The minimum Gasteiger partial charge on any atom is -0.373 e. The van der Waals surface area contributed by atoms with E-state index in [1.165, 1.54) is 5.56 Å². The van der Waals surface area contributed by atoms with Crippen molar-refractivity contribution >= 4 is 21.9 Å². The second kappa shape index (κ2) is 6.59. The summed E-state index contributed by atoms with van der Waals surface area (Å²) >= 11 is 3.48. The van der Waals surface area contributed by atoms with Gasteiger partial charge in [0.1, 0.15) is 0 Å². The van der Waals surface area contributed by atoms with Crippen molar-refractivity contribution in [3.63, 3.8) is 0 Å². The summed E-state index contributed by atoms with van der Waals surface area (Å²) in [6, 6.07) is 9.08. The number of ether oxygens (including phenoxy) is 1. The van der Waals surface area contributed by atoms with Gasteiger partial charge in [0.2, 0.25) is 0 Å². The van der Waals surface area contributed by atoms with Gasteiger partial charge >= 0.3 is 0 Å². The molecule has 3 unspecified atom stereocenters. The molecule has 1 aromatic rings. The van der Waals surface area contributed by atoms with Crippen molar-refractivity contribution in [2.75, 3.05) is 20.2 Å². The Morgan fingerprint density at radius 3 is 2.82 bits per heavy atom. The molecule has 4 nitrogen and oxygen atoms in total. The number of halogens is 1. The molecular formula is C17H24BrN3O. The molecule has 0 spiro atoms. The largest absolute Gasteiger partial charge is 0.373 e. The molecular weight excluding hydrogens is 342 g/mol. The maximum Gasteiger partial charge on any atom is 0.191 e. The van der Waals surface area contributed by atoms with Gasteiger partial charge < -0.3 is 15.4 Å². The van der Waals surface area contributed by atoms with E-state index in [9.17, 15) is 0 Å².